The van der Waals surface area contributed by atoms with Crippen molar-refractivity contribution in [2.75, 3.05) is 25.5 Å². The van der Waals surface area contributed by atoms with E-state index in [2.05, 4.69) is 20.6 Å². The Labute approximate surface area is 115 Å². The van der Waals surface area contributed by atoms with E-state index < -0.39 is 0 Å². The molecule has 0 amide bonds. The maximum atomic E-state index is 4.31. The van der Waals surface area contributed by atoms with E-state index in [0.29, 0.717) is 0 Å². The second-order valence-electron chi connectivity index (χ2n) is 4.04. The Morgan fingerprint density at radius 3 is 2.65 bits per heavy atom. The first-order valence-corrected chi connectivity index (χ1v) is 5.58. The number of rotatable bonds is 3. The zero-order valence-corrected chi connectivity index (χ0v) is 11.6. The molecule has 1 aliphatic rings. The maximum Gasteiger partial charge on any atom is 0.129 e. The van der Waals surface area contributed by atoms with E-state index in [0.717, 1.165) is 36.9 Å². The summed E-state index contributed by atoms with van der Waals surface area (Å²) in [6, 6.07) is 2.04. The normalized spacial score (nSPS) is 15.6. The van der Waals surface area contributed by atoms with Crippen LogP contribution < -0.4 is 10.6 Å². The van der Waals surface area contributed by atoms with Crippen molar-refractivity contribution < 1.29 is 0 Å². The standard InChI is InChI=1S/C11H18N4.2ClH/c1-12-11-7-10(14-8-15-11)6-9-2-4-13-5-3-9;;/h7-9,13H,2-6H2,1H3,(H,12,14,15);2*1H. The highest BCUT2D eigenvalue weighted by Gasteiger charge is 2.14. The number of hydrogen-bond donors (Lipinski definition) is 2. The highest BCUT2D eigenvalue weighted by atomic mass is 35.5. The third-order valence-corrected chi connectivity index (χ3v) is 2.94. The summed E-state index contributed by atoms with van der Waals surface area (Å²) in [5.74, 6) is 1.69. The molecule has 0 aliphatic carbocycles. The second-order valence-corrected chi connectivity index (χ2v) is 4.04. The lowest BCUT2D eigenvalue weighted by atomic mass is 9.93. The van der Waals surface area contributed by atoms with Gasteiger partial charge in [0.15, 0.2) is 0 Å². The smallest absolute Gasteiger partial charge is 0.129 e. The highest BCUT2D eigenvalue weighted by molar-refractivity contribution is 5.85. The van der Waals surface area contributed by atoms with Gasteiger partial charge < -0.3 is 10.6 Å². The van der Waals surface area contributed by atoms with Gasteiger partial charge in [0, 0.05) is 18.8 Å². The summed E-state index contributed by atoms with van der Waals surface area (Å²) in [5.41, 5.74) is 1.15. The SMILES string of the molecule is CNc1cc(CC2CCNCC2)ncn1.Cl.Cl. The van der Waals surface area contributed by atoms with Gasteiger partial charge in [0.1, 0.15) is 12.1 Å². The third-order valence-electron chi connectivity index (χ3n) is 2.94. The Bertz CT molecular complexity index is 316. The molecule has 0 radical (unpaired) electrons. The van der Waals surface area contributed by atoms with Crippen molar-refractivity contribution in [3.05, 3.63) is 18.1 Å². The molecule has 1 fully saturated rings. The Morgan fingerprint density at radius 2 is 2.00 bits per heavy atom. The van der Waals surface area contributed by atoms with Crippen LogP contribution in [0.25, 0.3) is 0 Å². The van der Waals surface area contributed by atoms with Crippen molar-refractivity contribution in [1.29, 1.82) is 0 Å². The molecule has 0 unspecified atom stereocenters. The van der Waals surface area contributed by atoms with Gasteiger partial charge in [-0.2, -0.15) is 0 Å². The largest absolute Gasteiger partial charge is 0.373 e. The average molecular weight is 279 g/mol. The van der Waals surface area contributed by atoms with Gasteiger partial charge in [0.2, 0.25) is 0 Å². The zero-order valence-electron chi connectivity index (χ0n) is 9.98. The predicted octanol–water partition coefficient (Wildman–Crippen LogP) is 1.90. The monoisotopic (exact) mass is 278 g/mol. The van der Waals surface area contributed by atoms with Crippen LogP contribution in [0, 0.1) is 5.92 Å². The van der Waals surface area contributed by atoms with Gasteiger partial charge in [-0.1, -0.05) is 0 Å². The molecule has 0 spiro atoms. The van der Waals surface area contributed by atoms with Crippen molar-refractivity contribution >= 4 is 30.6 Å². The minimum Gasteiger partial charge on any atom is -0.373 e. The molecule has 4 nitrogen and oxygen atoms in total. The van der Waals surface area contributed by atoms with Crippen molar-refractivity contribution in [3.8, 4) is 0 Å². The molecular weight excluding hydrogens is 259 g/mol. The van der Waals surface area contributed by atoms with Crippen LogP contribution in [0.1, 0.15) is 18.5 Å². The van der Waals surface area contributed by atoms with Gasteiger partial charge in [-0.3, -0.25) is 0 Å². The number of aromatic nitrogens is 2. The van der Waals surface area contributed by atoms with Crippen molar-refractivity contribution in [2.45, 2.75) is 19.3 Å². The molecule has 0 saturated carbocycles. The number of nitrogens with one attached hydrogen (secondary N) is 2. The van der Waals surface area contributed by atoms with Gasteiger partial charge in [-0.25, -0.2) is 9.97 Å². The van der Waals surface area contributed by atoms with Crippen LogP contribution >= 0.6 is 24.8 Å². The van der Waals surface area contributed by atoms with Crippen LogP contribution in [0.4, 0.5) is 5.82 Å². The number of hydrogen-bond acceptors (Lipinski definition) is 4. The molecule has 0 atom stereocenters. The van der Waals surface area contributed by atoms with Crippen LogP contribution in [0.2, 0.25) is 0 Å². The fourth-order valence-electron chi connectivity index (χ4n) is 2.03. The van der Waals surface area contributed by atoms with E-state index in [1.54, 1.807) is 6.33 Å². The fourth-order valence-corrected chi connectivity index (χ4v) is 2.03. The van der Waals surface area contributed by atoms with Crippen LogP contribution in [0.15, 0.2) is 12.4 Å². The molecule has 2 rings (SSSR count). The Hall–Kier alpha value is -0.580. The molecule has 1 aliphatic heterocycles. The molecular formula is C11H20Cl2N4. The summed E-state index contributed by atoms with van der Waals surface area (Å²) in [4.78, 5) is 8.43. The molecule has 2 N–H and O–H groups in total. The molecule has 6 heteroatoms. The Balaban J connectivity index is 0.00000128. The molecule has 1 aromatic heterocycles. The first-order valence-electron chi connectivity index (χ1n) is 5.58. The lowest BCUT2D eigenvalue weighted by Crippen LogP contribution is -2.28. The van der Waals surface area contributed by atoms with E-state index in [1.165, 1.54) is 12.8 Å². The quantitative estimate of drug-likeness (QED) is 0.887. The van der Waals surface area contributed by atoms with Crippen molar-refractivity contribution in [1.82, 2.24) is 15.3 Å². The van der Waals surface area contributed by atoms with Gasteiger partial charge in [0.25, 0.3) is 0 Å². The summed E-state index contributed by atoms with van der Waals surface area (Å²) in [7, 11) is 1.89. The lowest BCUT2D eigenvalue weighted by molar-refractivity contribution is 0.370. The average Bonchev–Trinajstić information content (AvgIpc) is 2.31. The fraction of sp³-hybridized carbons (Fsp3) is 0.636. The molecule has 1 aromatic rings. The minimum absolute atomic E-state index is 0. The van der Waals surface area contributed by atoms with E-state index in [4.69, 9.17) is 0 Å². The van der Waals surface area contributed by atoms with E-state index in [9.17, 15) is 0 Å². The summed E-state index contributed by atoms with van der Waals surface area (Å²) in [5, 5.41) is 6.42. The summed E-state index contributed by atoms with van der Waals surface area (Å²) in [6.07, 6.45) is 5.25. The summed E-state index contributed by atoms with van der Waals surface area (Å²) >= 11 is 0. The predicted molar refractivity (Wildman–Crippen MR) is 75.4 cm³/mol. The maximum absolute atomic E-state index is 4.31. The van der Waals surface area contributed by atoms with Gasteiger partial charge in [-0.15, -0.1) is 24.8 Å². The highest BCUT2D eigenvalue weighted by Crippen LogP contribution is 2.17. The van der Waals surface area contributed by atoms with Gasteiger partial charge >= 0.3 is 0 Å². The van der Waals surface area contributed by atoms with Crippen LogP contribution in [-0.2, 0) is 6.42 Å². The van der Waals surface area contributed by atoms with E-state index in [1.807, 2.05) is 13.1 Å². The molecule has 2 heterocycles. The lowest BCUT2D eigenvalue weighted by Gasteiger charge is -2.22. The first kappa shape index (κ1) is 16.4. The minimum atomic E-state index is 0. The summed E-state index contributed by atoms with van der Waals surface area (Å²) < 4.78 is 0. The Morgan fingerprint density at radius 1 is 1.29 bits per heavy atom. The zero-order chi connectivity index (χ0) is 10.5. The second kappa shape index (κ2) is 8.50. The van der Waals surface area contributed by atoms with E-state index in [-0.39, 0.29) is 24.8 Å². The number of piperidine rings is 1. The van der Waals surface area contributed by atoms with Gasteiger partial charge in [0.05, 0.1) is 0 Å². The van der Waals surface area contributed by atoms with Crippen LogP contribution in [0.3, 0.4) is 0 Å². The number of halogens is 2. The third kappa shape index (κ3) is 5.06. The summed E-state index contributed by atoms with van der Waals surface area (Å²) in [6.45, 7) is 2.29. The number of anilines is 1. The van der Waals surface area contributed by atoms with E-state index >= 15 is 0 Å². The van der Waals surface area contributed by atoms with Gasteiger partial charge in [-0.05, 0) is 38.3 Å². The Kier molecular flexibility index (Phi) is 8.21. The molecule has 98 valence electrons. The van der Waals surface area contributed by atoms with Crippen LogP contribution in [0.5, 0.6) is 0 Å². The first-order chi connectivity index (χ1) is 7.38. The molecule has 0 bridgehead atoms. The van der Waals surface area contributed by atoms with Crippen molar-refractivity contribution in [2.24, 2.45) is 5.92 Å². The van der Waals surface area contributed by atoms with Crippen molar-refractivity contribution in [3.63, 3.8) is 0 Å². The molecule has 1 saturated heterocycles. The molecule has 0 aromatic carbocycles. The number of nitrogens with zero attached hydrogens (tertiary/aromatic N) is 2. The molecule has 17 heavy (non-hydrogen) atoms. The topological polar surface area (TPSA) is 49.8 Å². The van der Waals surface area contributed by atoms with Crippen LogP contribution in [-0.4, -0.2) is 30.1 Å².